The van der Waals surface area contributed by atoms with Crippen molar-refractivity contribution in [1.82, 2.24) is 5.06 Å². The Morgan fingerprint density at radius 3 is 1.40 bits per heavy atom. The van der Waals surface area contributed by atoms with Crippen LogP contribution in [0.5, 0.6) is 5.75 Å². The quantitative estimate of drug-likeness (QED) is 0.332. The molecule has 2 nitrogen and oxygen atoms in total. The smallest absolute Gasteiger partial charge is 0.224 e. The van der Waals surface area contributed by atoms with E-state index in [1.165, 1.54) is 14.1 Å². The van der Waals surface area contributed by atoms with Gasteiger partial charge in [0.2, 0.25) is 34.8 Å². The van der Waals surface area contributed by atoms with E-state index < -0.39 is 34.8 Å². The van der Waals surface area contributed by atoms with Crippen molar-refractivity contribution in [1.29, 1.82) is 0 Å². The van der Waals surface area contributed by atoms with Crippen LogP contribution in [-0.4, -0.2) is 19.2 Å². The minimum Gasteiger partial charge on any atom is -0.400 e. The molecule has 0 aliphatic heterocycles. The Bertz CT molecular complexity index is 364. The molecular formula is C8H6F5NO. The lowest BCUT2D eigenvalue weighted by atomic mass is 10.3. The molecule has 15 heavy (non-hydrogen) atoms. The van der Waals surface area contributed by atoms with Crippen molar-refractivity contribution in [3.63, 3.8) is 0 Å². The first kappa shape index (κ1) is 11.7. The highest BCUT2D eigenvalue weighted by Gasteiger charge is 2.27. The van der Waals surface area contributed by atoms with Crippen molar-refractivity contribution < 1.29 is 26.8 Å². The molecule has 0 fully saturated rings. The fourth-order valence-corrected chi connectivity index (χ4v) is 0.847. The van der Waals surface area contributed by atoms with Crippen LogP contribution in [0.4, 0.5) is 22.0 Å². The zero-order chi connectivity index (χ0) is 11.7. The van der Waals surface area contributed by atoms with Gasteiger partial charge in [-0.15, -0.1) is 5.06 Å². The average molecular weight is 227 g/mol. The van der Waals surface area contributed by atoms with Gasteiger partial charge in [0, 0.05) is 14.1 Å². The van der Waals surface area contributed by atoms with Gasteiger partial charge in [-0.3, -0.25) is 0 Å². The summed E-state index contributed by atoms with van der Waals surface area (Å²) in [5, 5.41) is 0.804. The van der Waals surface area contributed by atoms with E-state index in [1.54, 1.807) is 0 Å². The fraction of sp³-hybridized carbons (Fsp3) is 0.250. The van der Waals surface area contributed by atoms with Gasteiger partial charge in [0.05, 0.1) is 0 Å². The largest absolute Gasteiger partial charge is 0.400 e. The zero-order valence-electron chi connectivity index (χ0n) is 7.75. The van der Waals surface area contributed by atoms with Gasteiger partial charge in [0.1, 0.15) is 0 Å². The van der Waals surface area contributed by atoms with Crippen molar-refractivity contribution in [3.05, 3.63) is 29.1 Å². The van der Waals surface area contributed by atoms with Crippen molar-refractivity contribution in [2.45, 2.75) is 0 Å². The molecule has 0 atom stereocenters. The maximum Gasteiger partial charge on any atom is 0.224 e. The van der Waals surface area contributed by atoms with Crippen LogP contribution in [0, 0.1) is 29.1 Å². The van der Waals surface area contributed by atoms with Crippen LogP contribution in [0.3, 0.4) is 0 Å². The van der Waals surface area contributed by atoms with Crippen molar-refractivity contribution in [3.8, 4) is 5.75 Å². The molecule has 0 amide bonds. The molecule has 0 N–H and O–H groups in total. The SMILES string of the molecule is CN(C)Oc1c(F)c(F)c(F)c(F)c1F. The molecule has 0 saturated carbocycles. The molecule has 84 valence electrons. The summed E-state index contributed by atoms with van der Waals surface area (Å²) in [4.78, 5) is 4.33. The van der Waals surface area contributed by atoms with E-state index in [4.69, 9.17) is 0 Å². The van der Waals surface area contributed by atoms with E-state index in [2.05, 4.69) is 4.84 Å². The van der Waals surface area contributed by atoms with Crippen LogP contribution in [0.15, 0.2) is 0 Å². The van der Waals surface area contributed by atoms with Crippen molar-refractivity contribution >= 4 is 0 Å². The second kappa shape index (κ2) is 4.01. The first-order valence-corrected chi connectivity index (χ1v) is 3.73. The lowest BCUT2D eigenvalue weighted by Crippen LogP contribution is -2.19. The van der Waals surface area contributed by atoms with Crippen LogP contribution in [0.25, 0.3) is 0 Å². The normalized spacial score (nSPS) is 10.9. The summed E-state index contributed by atoms with van der Waals surface area (Å²) in [5.41, 5.74) is 0. The van der Waals surface area contributed by atoms with Crippen LogP contribution >= 0.6 is 0 Å². The van der Waals surface area contributed by atoms with E-state index in [0.29, 0.717) is 0 Å². The van der Waals surface area contributed by atoms with Gasteiger partial charge in [0.25, 0.3) is 0 Å². The van der Waals surface area contributed by atoms with Crippen LogP contribution in [0.2, 0.25) is 0 Å². The number of halogens is 5. The highest BCUT2D eigenvalue weighted by atomic mass is 19.2. The minimum absolute atomic E-state index is 0.804. The third-order valence-corrected chi connectivity index (χ3v) is 1.44. The number of rotatable bonds is 2. The molecule has 0 saturated heterocycles. The Morgan fingerprint density at radius 2 is 1.07 bits per heavy atom. The molecule has 0 bridgehead atoms. The standard InChI is InChI=1S/C8H6F5NO/c1-14(2)15-8-6(12)4(10)3(9)5(11)7(8)13/h1-2H3. The molecule has 7 heteroatoms. The first-order valence-electron chi connectivity index (χ1n) is 3.73. The average Bonchev–Trinajstić information content (AvgIpc) is 2.18. The van der Waals surface area contributed by atoms with Gasteiger partial charge in [-0.1, -0.05) is 0 Å². The Labute approximate surface area is 81.8 Å². The topological polar surface area (TPSA) is 12.5 Å². The van der Waals surface area contributed by atoms with Crippen LogP contribution in [0.1, 0.15) is 0 Å². The maximum atomic E-state index is 12.9. The molecule has 1 rings (SSSR count). The van der Waals surface area contributed by atoms with E-state index in [0.717, 1.165) is 5.06 Å². The summed E-state index contributed by atoms with van der Waals surface area (Å²) >= 11 is 0. The molecule has 1 aromatic carbocycles. The second-order valence-electron chi connectivity index (χ2n) is 2.80. The van der Waals surface area contributed by atoms with E-state index in [9.17, 15) is 22.0 Å². The number of hydroxylamine groups is 2. The lowest BCUT2D eigenvalue weighted by Gasteiger charge is -2.13. The van der Waals surface area contributed by atoms with Gasteiger partial charge >= 0.3 is 0 Å². The summed E-state index contributed by atoms with van der Waals surface area (Å²) in [7, 11) is 2.47. The lowest BCUT2D eigenvalue weighted by molar-refractivity contribution is -0.0135. The predicted octanol–water partition coefficient (Wildman–Crippen LogP) is 2.24. The fourth-order valence-electron chi connectivity index (χ4n) is 0.847. The molecule has 0 radical (unpaired) electrons. The number of hydrogen-bond donors (Lipinski definition) is 0. The molecule has 0 aliphatic carbocycles. The summed E-state index contributed by atoms with van der Waals surface area (Å²) in [6.07, 6.45) is 0. The number of benzene rings is 1. The Kier molecular flexibility index (Phi) is 3.13. The Balaban J connectivity index is 3.39. The molecule has 1 aromatic rings. The summed E-state index contributed by atoms with van der Waals surface area (Å²) in [6.45, 7) is 0. The molecule has 0 spiro atoms. The third-order valence-electron chi connectivity index (χ3n) is 1.44. The summed E-state index contributed by atoms with van der Waals surface area (Å²) in [6, 6.07) is 0. The Morgan fingerprint density at radius 1 is 0.733 bits per heavy atom. The van der Waals surface area contributed by atoms with Gasteiger partial charge in [0.15, 0.2) is 0 Å². The van der Waals surface area contributed by atoms with Gasteiger partial charge in [-0.2, -0.15) is 8.78 Å². The molecule has 0 aromatic heterocycles. The van der Waals surface area contributed by atoms with Gasteiger partial charge in [-0.25, -0.2) is 13.2 Å². The summed E-state index contributed by atoms with van der Waals surface area (Å²) in [5.74, 6) is -11.6. The van der Waals surface area contributed by atoms with Crippen molar-refractivity contribution in [2.75, 3.05) is 14.1 Å². The molecular weight excluding hydrogens is 221 g/mol. The predicted molar refractivity (Wildman–Crippen MR) is 40.5 cm³/mol. The van der Waals surface area contributed by atoms with Gasteiger partial charge in [-0.05, 0) is 0 Å². The minimum atomic E-state index is -2.21. The van der Waals surface area contributed by atoms with E-state index in [-0.39, 0.29) is 0 Å². The van der Waals surface area contributed by atoms with Crippen LogP contribution in [-0.2, 0) is 0 Å². The number of hydrogen-bond acceptors (Lipinski definition) is 2. The molecule has 0 heterocycles. The summed E-state index contributed by atoms with van der Waals surface area (Å²) < 4.78 is 63.5. The van der Waals surface area contributed by atoms with Gasteiger partial charge < -0.3 is 4.84 Å². The van der Waals surface area contributed by atoms with Crippen molar-refractivity contribution in [2.24, 2.45) is 0 Å². The van der Waals surface area contributed by atoms with E-state index >= 15 is 0 Å². The molecule has 0 unspecified atom stereocenters. The Hall–Kier alpha value is -1.37. The molecule has 0 aliphatic rings. The van der Waals surface area contributed by atoms with E-state index in [1.807, 2.05) is 0 Å². The second-order valence-corrected chi connectivity index (χ2v) is 2.80. The monoisotopic (exact) mass is 227 g/mol. The maximum absolute atomic E-state index is 12.9. The highest BCUT2D eigenvalue weighted by Crippen LogP contribution is 2.29. The van der Waals surface area contributed by atoms with Crippen LogP contribution < -0.4 is 4.84 Å². The zero-order valence-corrected chi connectivity index (χ0v) is 7.75. The third kappa shape index (κ3) is 2.01. The first-order chi connectivity index (χ1) is 6.86. The number of nitrogens with zero attached hydrogens (tertiary/aromatic N) is 1. The highest BCUT2D eigenvalue weighted by molar-refractivity contribution is 5.29.